The average molecular weight is 354 g/mol. The summed E-state index contributed by atoms with van der Waals surface area (Å²) in [6.45, 7) is 2.23. The Kier molecular flexibility index (Phi) is 5.65. The second-order valence-electron chi connectivity index (χ2n) is 5.48. The van der Waals surface area contributed by atoms with Gasteiger partial charge in [0, 0.05) is 37.2 Å². The zero-order valence-corrected chi connectivity index (χ0v) is 14.5. The standard InChI is InChI=1S/C18H18N4O2S/c19-6-2-8-22(13-14-3-1-7-20-12-14)18(25)21-15-4-5-16-17(11-15)24-10-9-23-16/h1,3-5,7,11-12H,2,8-10,13H2,(H,21,25). The summed E-state index contributed by atoms with van der Waals surface area (Å²) in [6.07, 6.45) is 3.92. The van der Waals surface area contributed by atoms with Crippen LogP contribution in [0.1, 0.15) is 12.0 Å². The lowest BCUT2D eigenvalue weighted by atomic mass is 10.2. The number of anilines is 1. The third-order valence-electron chi connectivity index (χ3n) is 3.67. The Hall–Kier alpha value is -2.85. The molecule has 0 bridgehead atoms. The van der Waals surface area contributed by atoms with Gasteiger partial charge in [-0.15, -0.1) is 0 Å². The SMILES string of the molecule is N#CCCN(Cc1cccnc1)C(=S)Nc1ccc2c(c1)OCCO2. The molecule has 0 amide bonds. The van der Waals surface area contributed by atoms with Gasteiger partial charge in [-0.3, -0.25) is 4.98 Å². The maximum Gasteiger partial charge on any atom is 0.173 e. The molecule has 0 unspecified atom stereocenters. The lowest BCUT2D eigenvalue weighted by Gasteiger charge is -2.25. The van der Waals surface area contributed by atoms with Gasteiger partial charge in [0.1, 0.15) is 13.2 Å². The first kappa shape index (κ1) is 17.0. The number of nitriles is 1. The van der Waals surface area contributed by atoms with Crippen molar-refractivity contribution in [3.05, 3.63) is 48.3 Å². The van der Waals surface area contributed by atoms with Crippen LogP contribution in [0.4, 0.5) is 5.69 Å². The van der Waals surface area contributed by atoms with Crippen LogP contribution >= 0.6 is 12.2 Å². The quantitative estimate of drug-likeness (QED) is 0.828. The number of hydrogen-bond acceptors (Lipinski definition) is 5. The molecule has 1 aliphatic rings. The summed E-state index contributed by atoms with van der Waals surface area (Å²) in [5, 5.41) is 12.7. The van der Waals surface area contributed by atoms with Crippen molar-refractivity contribution in [1.82, 2.24) is 9.88 Å². The van der Waals surface area contributed by atoms with Gasteiger partial charge in [-0.2, -0.15) is 5.26 Å². The topological polar surface area (TPSA) is 70.4 Å². The molecule has 0 fully saturated rings. The predicted molar refractivity (Wildman–Crippen MR) is 98.5 cm³/mol. The molecular formula is C18H18N4O2S. The average Bonchev–Trinajstić information content (AvgIpc) is 2.65. The van der Waals surface area contributed by atoms with Crippen molar-refractivity contribution in [2.45, 2.75) is 13.0 Å². The van der Waals surface area contributed by atoms with E-state index < -0.39 is 0 Å². The third-order valence-corrected chi connectivity index (χ3v) is 4.03. The summed E-state index contributed by atoms with van der Waals surface area (Å²) in [5.74, 6) is 1.44. The Bertz CT molecular complexity index is 776. The fourth-order valence-corrected chi connectivity index (χ4v) is 2.75. The summed E-state index contributed by atoms with van der Waals surface area (Å²) < 4.78 is 11.1. The fraction of sp³-hybridized carbons (Fsp3) is 0.278. The predicted octanol–water partition coefficient (Wildman–Crippen LogP) is 2.97. The molecule has 128 valence electrons. The maximum atomic E-state index is 8.90. The number of aromatic nitrogens is 1. The molecule has 1 N–H and O–H groups in total. The molecule has 25 heavy (non-hydrogen) atoms. The molecule has 2 heterocycles. The number of ether oxygens (including phenoxy) is 2. The number of thiocarbonyl (C=S) groups is 1. The van der Waals surface area contributed by atoms with Crippen LogP contribution in [-0.4, -0.2) is 34.8 Å². The second kappa shape index (κ2) is 8.31. The lowest BCUT2D eigenvalue weighted by molar-refractivity contribution is 0.171. The van der Waals surface area contributed by atoms with Gasteiger partial charge in [0.25, 0.3) is 0 Å². The molecule has 1 aromatic heterocycles. The molecule has 0 atom stereocenters. The van der Waals surface area contributed by atoms with Crippen LogP contribution in [0.25, 0.3) is 0 Å². The molecule has 3 rings (SSSR count). The zero-order chi connectivity index (χ0) is 17.5. The number of hydrogen-bond donors (Lipinski definition) is 1. The van der Waals surface area contributed by atoms with Crippen LogP contribution in [0, 0.1) is 11.3 Å². The molecule has 0 aliphatic carbocycles. The van der Waals surface area contributed by atoms with Crippen molar-refractivity contribution in [3.63, 3.8) is 0 Å². The molecule has 1 aromatic carbocycles. The van der Waals surface area contributed by atoms with Crippen LogP contribution in [0.3, 0.4) is 0 Å². The Morgan fingerprint density at radius 1 is 1.28 bits per heavy atom. The largest absolute Gasteiger partial charge is 0.486 e. The van der Waals surface area contributed by atoms with Crippen LogP contribution < -0.4 is 14.8 Å². The number of rotatable bonds is 5. The lowest BCUT2D eigenvalue weighted by Crippen LogP contribution is -2.35. The maximum absolute atomic E-state index is 8.90. The van der Waals surface area contributed by atoms with E-state index in [2.05, 4.69) is 16.4 Å². The number of nitrogens with zero attached hydrogens (tertiary/aromatic N) is 3. The normalized spacial score (nSPS) is 12.1. The van der Waals surface area contributed by atoms with Crippen molar-refractivity contribution in [2.75, 3.05) is 25.1 Å². The van der Waals surface area contributed by atoms with E-state index in [4.69, 9.17) is 27.0 Å². The molecule has 0 saturated heterocycles. The van der Waals surface area contributed by atoms with E-state index in [0.29, 0.717) is 43.6 Å². The first-order valence-electron chi connectivity index (χ1n) is 7.97. The van der Waals surface area contributed by atoms with Gasteiger partial charge in [-0.05, 0) is 36.0 Å². The van der Waals surface area contributed by atoms with Gasteiger partial charge in [-0.25, -0.2) is 0 Å². The molecule has 0 spiro atoms. The minimum absolute atomic E-state index is 0.392. The van der Waals surface area contributed by atoms with Gasteiger partial charge in [0.15, 0.2) is 16.6 Å². The summed E-state index contributed by atoms with van der Waals surface area (Å²) in [7, 11) is 0. The first-order chi connectivity index (χ1) is 12.3. The van der Waals surface area contributed by atoms with Gasteiger partial charge < -0.3 is 19.7 Å². The highest BCUT2D eigenvalue weighted by Gasteiger charge is 2.14. The van der Waals surface area contributed by atoms with Crippen LogP contribution in [-0.2, 0) is 6.54 Å². The van der Waals surface area contributed by atoms with Crippen molar-refractivity contribution in [3.8, 4) is 17.6 Å². The minimum atomic E-state index is 0.392. The van der Waals surface area contributed by atoms with Crippen LogP contribution in [0.5, 0.6) is 11.5 Å². The van der Waals surface area contributed by atoms with E-state index in [1.54, 1.807) is 12.4 Å². The van der Waals surface area contributed by atoms with Crippen molar-refractivity contribution in [1.29, 1.82) is 5.26 Å². The summed E-state index contributed by atoms with van der Waals surface area (Å²) in [4.78, 5) is 6.07. The Morgan fingerprint density at radius 3 is 2.88 bits per heavy atom. The monoisotopic (exact) mass is 354 g/mol. The Balaban J connectivity index is 1.70. The third kappa shape index (κ3) is 4.58. The molecule has 2 aromatic rings. The highest BCUT2D eigenvalue weighted by molar-refractivity contribution is 7.80. The van der Waals surface area contributed by atoms with Gasteiger partial charge in [0.2, 0.25) is 0 Å². The van der Waals surface area contributed by atoms with E-state index in [9.17, 15) is 0 Å². The number of pyridine rings is 1. The second-order valence-corrected chi connectivity index (χ2v) is 5.87. The van der Waals surface area contributed by atoms with Crippen LogP contribution in [0.15, 0.2) is 42.7 Å². The fourth-order valence-electron chi connectivity index (χ4n) is 2.47. The number of nitrogens with one attached hydrogen (secondary N) is 1. The Labute approximate surface area is 152 Å². The molecule has 7 heteroatoms. The van der Waals surface area contributed by atoms with E-state index in [1.165, 1.54) is 0 Å². The smallest absolute Gasteiger partial charge is 0.173 e. The summed E-state index contributed by atoms with van der Waals surface area (Å²) >= 11 is 5.54. The molecule has 0 radical (unpaired) electrons. The molecule has 0 saturated carbocycles. The first-order valence-corrected chi connectivity index (χ1v) is 8.38. The van der Waals surface area contributed by atoms with Crippen molar-refractivity contribution >= 4 is 23.0 Å². The van der Waals surface area contributed by atoms with Crippen LogP contribution in [0.2, 0.25) is 0 Å². The van der Waals surface area contributed by atoms with E-state index in [-0.39, 0.29) is 0 Å². The van der Waals surface area contributed by atoms with Crippen molar-refractivity contribution in [2.24, 2.45) is 0 Å². The summed E-state index contributed by atoms with van der Waals surface area (Å²) in [6, 6.07) is 11.7. The van der Waals surface area contributed by atoms with Gasteiger partial charge in [-0.1, -0.05) is 6.07 Å². The number of benzene rings is 1. The molecular weight excluding hydrogens is 336 g/mol. The van der Waals surface area contributed by atoms with Crippen molar-refractivity contribution < 1.29 is 9.47 Å². The highest BCUT2D eigenvalue weighted by Crippen LogP contribution is 2.32. The number of fused-ring (bicyclic) bond motifs is 1. The Morgan fingerprint density at radius 2 is 2.12 bits per heavy atom. The minimum Gasteiger partial charge on any atom is -0.486 e. The van der Waals surface area contributed by atoms with E-state index in [1.807, 2.05) is 35.2 Å². The van der Waals surface area contributed by atoms with E-state index >= 15 is 0 Å². The van der Waals surface area contributed by atoms with Gasteiger partial charge >= 0.3 is 0 Å². The van der Waals surface area contributed by atoms with Gasteiger partial charge in [0.05, 0.1) is 12.5 Å². The summed E-state index contributed by atoms with van der Waals surface area (Å²) in [5.41, 5.74) is 1.86. The van der Waals surface area contributed by atoms with E-state index in [0.717, 1.165) is 17.0 Å². The zero-order valence-electron chi connectivity index (χ0n) is 13.6. The molecule has 6 nitrogen and oxygen atoms in total. The molecule has 1 aliphatic heterocycles. The highest BCUT2D eigenvalue weighted by atomic mass is 32.1.